The van der Waals surface area contributed by atoms with E-state index < -0.39 is 17.9 Å². The molecule has 0 bridgehead atoms. The zero-order chi connectivity index (χ0) is 19.0. The number of carbonyl (C=O) groups excluding carboxylic acids is 3. The van der Waals surface area contributed by atoms with E-state index in [9.17, 15) is 14.4 Å². The summed E-state index contributed by atoms with van der Waals surface area (Å²) >= 11 is 0. The number of anilines is 2. The number of aromatic amines is 1. The molecule has 0 saturated heterocycles. The number of nitrogens with zero attached hydrogens (tertiary/aromatic N) is 1. The smallest absolute Gasteiger partial charge is 0.254 e. The molecule has 1 atom stereocenters. The third kappa shape index (κ3) is 3.37. The highest BCUT2D eigenvalue weighted by Crippen LogP contribution is 2.20. The van der Waals surface area contributed by atoms with Gasteiger partial charge in [0.15, 0.2) is 0 Å². The van der Waals surface area contributed by atoms with E-state index in [1.54, 1.807) is 42.5 Å². The van der Waals surface area contributed by atoms with Crippen molar-refractivity contribution in [2.45, 2.75) is 19.4 Å². The molecule has 0 aliphatic carbocycles. The normalized spacial score (nSPS) is 16.3. The Labute approximate surface area is 154 Å². The molecule has 0 fully saturated rings. The van der Waals surface area contributed by atoms with Gasteiger partial charge in [0.25, 0.3) is 5.91 Å². The van der Waals surface area contributed by atoms with Crippen LogP contribution in [0.3, 0.4) is 0 Å². The van der Waals surface area contributed by atoms with Gasteiger partial charge in [-0.2, -0.15) is 0 Å². The fraction of sp³-hybridized carbons (Fsp3) is 0.158. The van der Waals surface area contributed by atoms with Crippen LogP contribution in [-0.4, -0.2) is 33.7 Å². The molecule has 0 spiro atoms. The molecule has 4 rings (SSSR count). The van der Waals surface area contributed by atoms with E-state index in [4.69, 9.17) is 0 Å². The van der Waals surface area contributed by atoms with Crippen LogP contribution in [0.2, 0.25) is 0 Å². The summed E-state index contributed by atoms with van der Waals surface area (Å²) in [5.41, 5.74) is 3.00. The van der Waals surface area contributed by atoms with Crippen molar-refractivity contribution in [3.05, 3.63) is 53.9 Å². The summed E-state index contributed by atoms with van der Waals surface area (Å²) in [5.74, 6) is -0.415. The van der Waals surface area contributed by atoms with Gasteiger partial charge in [-0.25, -0.2) is 4.98 Å². The molecule has 27 heavy (non-hydrogen) atoms. The number of amides is 3. The van der Waals surface area contributed by atoms with Gasteiger partial charge in [-0.15, -0.1) is 0 Å². The first kappa shape index (κ1) is 16.8. The molecule has 1 aromatic heterocycles. The number of hydrogen-bond donors (Lipinski definition) is 4. The first-order valence-corrected chi connectivity index (χ1v) is 8.46. The van der Waals surface area contributed by atoms with E-state index in [-0.39, 0.29) is 12.3 Å². The lowest BCUT2D eigenvalue weighted by Crippen LogP contribution is -2.43. The maximum atomic E-state index is 12.4. The Morgan fingerprint density at radius 3 is 2.85 bits per heavy atom. The fourth-order valence-electron chi connectivity index (χ4n) is 3.07. The first-order chi connectivity index (χ1) is 13.0. The van der Waals surface area contributed by atoms with E-state index in [2.05, 4.69) is 25.9 Å². The predicted molar refractivity (Wildman–Crippen MR) is 100 cm³/mol. The molecule has 3 amide bonds. The van der Waals surface area contributed by atoms with E-state index in [1.807, 2.05) is 6.92 Å². The van der Waals surface area contributed by atoms with Crippen molar-refractivity contribution in [1.29, 1.82) is 0 Å². The second kappa shape index (κ2) is 6.56. The van der Waals surface area contributed by atoms with E-state index in [0.29, 0.717) is 16.9 Å². The number of aromatic nitrogens is 2. The Bertz CT molecular complexity index is 1070. The molecule has 8 heteroatoms. The number of benzene rings is 2. The van der Waals surface area contributed by atoms with Crippen LogP contribution in [0.5, 0.6) is 0 Å². The molecule has 136 valence electrons. The lowest BCUT2D eigenvalue weighted by molar-refractivity contribution is -0.122. The zero-order valence-electron chi connectivity index (χ0n) is 14.5. The maximum absolute atomic E-state index is 12.4. The number of nitrogens with one attached hydrogen (secondary N) is 4. The van der Waals surface area contributed by atoms with E-state index in [1.165, 1.54) is 0 Å². The Balaban J connectivity index is 1.47. The fourth-order valence-corrected chi connectivity index (χ4v) is 3.07. The summed E-state index contributed by atoms with van der Waals surface area (Å²) in [7, 11) is 0. The quantitative estimate of drug-likeness (QED) is 0.569. The summed E-state index contributed by atoms with van der Waals surface area (Å²) in [4.78, 5) is 44.5. The third-order valence-corrected chi connectivity index (χ3v) is 4.32. The summed E-state index contributed by atoms with van der Waals surface area (Å²) < 4.78 is 0. The van der Waals surface area contributed by atoms with Crippen molar-refractivity contribution in [1.82, 2.24) is 15.3 Å². The minimum atomic E-state index is -0.956. The first-order valence-electron chi connectivity index (χ1n) is 8.46. The number of imidazole rings is 1. The lowest BCUT2D eigenvalue weighted by atomic mass is 10.1. The van der Waals surface area contributed by atoms with Gasteiger partial charge < -0.3 is 20.9 Å². The minimum absolute atomic E-state index is 0.175. The minimum Gasteiger partial charge on any atom is -0.342 e. The number of para-hydroxylation sites is 1. The zero-order valence-corrected chi connectivity index (χ0v) is 14.5. The second-order valence-electron chi connectivity index (χ2n) is 6.37. The van der Waals surface area contributed by atoms with Gasteiger partial charge in [-0.3, -0.25) is 14.4 Å². The Kier molecular flexibility index (Phi) is 4.08. The average molecular weight is 363 g/mol. The molecule has 2 heterocycles. The average Bonchev–Trinajstić information content (AvgIpc) is 2.95. The highest BCUT2D eigenvalue weighted by Gasteiger charge is 2.29. The highest BCUT2D eigenvalue weighted by molar-refractivity contribution is 6.11. The molecular weight excluding hydrogens is 346 g/mol. The van der Waals surface area contributed by atoms with Crippen LogP contribution < -0.4 is 16.0 Å². The van der Waals surface area contributed by atoms with Crippen LogP contribution in [0.1, 0.15) is 22.6 Å². The van der Waals surface area contributed by atoms with Crippen molar-refractivity contribution in [3.63, 3.8) is 0 Å². The molecule has 4 N–H and O–H groups in total. The van der Waals surface area contributed by atoms with Crippen LogP contribution in [0.25, 0.3) is 11.0 Å². The largest absolute Gasteiger partial charge is 0.342 e. The second-order valence-corrected chi connectivity index (χ2v) is 6.37. The predicted octanol–water partition coefficient (Wildman–Crippen LogP) is 1.95. The van der Waals surface area contributed by atoms with Crippen LogP contribution in [-0.2, 0) is 9.59 Å². The SMILES string of the molecule is Cc1nc2ccc(NC(=O)C[C@H]3NC(=O)c4ccccc4NC3=O)cc2[nH]1. The maximum Gasteiger partial charge on any atom is 0.254 e. The molecule has 1 aliphatic rings. The van der Waals surface area contributed by atoms with Gasteiger partial charge >= 0.3 is 0 Å². The molecule has 0 radical (unpaired) electrons. The molecule has 8 nitrogen and oxygen atoms in total. The molecule has 1 aliphatic heterocycles. The standard InChI is InChI=1S/C19H17N5O3/c1-10-20-14-7-6-11(8-15(14)21-10)22-17(25)9-16-19(27)23-13-5-3-2-4-12(13)18(26)24-16/h2-8,16H,9H2,1H3,(H,20,21)(H,22,25)(H,23,27)(H,24,26)/t16-/m1/s1. The van der Waals surface area contributed by atoms with Gasteiger partial charge in [0.05, 0.1) is 28.7 Å². The molecule has 0 saturated carbocycles. The Morgan fingerprint density at radius 2 is 2.00 bits per heavy atom. The summed E-state index contributed by atoms with van der Waals surface area (Å²) in [5, 5.41) is 8.04. The monoisotopic (exact) mass is 363 g/mol. The van der Waals surface area contributed by atoms with Gasteiger partial charge in [0.1, 0.15) is 11.9 Å². The van der Waals surface area contributed by atoms with Crippen molar-refractivity contribution in [3.8, 4) is 0 Å². The van der Waals surface area contributed by atoms with Gasteiger partial charge in [-0.05, 0) is 37.3 Å². The van der Waals surface area contributed by atoms with Crippen molar-refractivity contribution in [2.75, 3.05) is 10.6 Å². The summed E-state index contributed by atoms with van der Waals surface area (Å²) in [6, 6.07) is 11.1. The number of H-pyrrole nitrogens is 1. The van der Waals surface area contributed by atoms with Gasteiger partial charge in [0, 0.05) is 5.69 Å². The highest BCUT2D eigenvalue weighted by atomic mass is 16.2. The third-order valence-electron chi connectivity index (χ3n) is 4.32. The number of aryl methyl sites for hydroxylation is 1. The number of carbonyl (C=O) groups is 3. The Morgan fingerprint density at radius 1 is 1.19 bits per heavy atom. The van der Waals surface area contributed by atoms with Crippen LogP contribution in [0.15, 0.2) is 42.5 Å². The van der Waals surface area contributed by atoms with Crippen molar-refractivity contribution >= 4 is 40.1 Å². The summed E-state index contributed by atoms with van der Waals surface area (Å²) in [6.45, 7) is 1.85. The molecule has 2 aromatic carbocycles. The number of fused-ring (bicyclic) bond motifs is 2. The lowest BCUT2D eigenvalue weighted by Gasteiger charge is -2.14. The van der Waals surface area contributed by atoms with Crippen LogP contribution in [0.4, 0.5) is 11.4 Å². The Hall–Kier alpha value is -3.68. The molecular formula is C19H17N5O3. The van der Waals surface area contributed by atoms with E-state index >= 15 is 0 Å². The molecule has 3 aromatic rings. The summed E-state index contributed by atoms with van der Waals surface area (Å²) in [6.07, 6.45) is -0.175. The number of hydrogen-bond acceptors (Lipinski definition) is 4. The number of rotatable bonds is 3. The van der Waals surface area contributed by atoms with Crippen LogP contribution >= 0.6 is 0 Å². The topological polar surface area (TPSA) is 116 Å². The van der Waals surface area contributed by atoms with Gasteiger partial charge in [-0.1, -0.05) is 12.1 Å². The molecule has 0 unspecified atom stereocenters. The van der Waals surface area contributed by atoms with Crippen molar-refractivity contribution < 1.29 is 14.4 Å². The van der Waals surface area contributed by atoms with Gasteiger partial charge in [0.2, 0.25) is 11.8 Å². The van der Waals surface area contributed by atoms with E-state index in [0.717, 1.165) is 16.9 Å². The van der Waals surface area contributed by atoms with Crippen molar-refractivity contribution in [2.24, 2.45) is 0 Å². The van der Waals surface area contributed by atoms with Crippen LogP contribution in [0, 0.1) is 6.92 Å².